The predicted molar refractivity (Wildman–Crippen MR) is 107 cm³/mol. The molecule has 0 fully saturated rings. The van der Waals surface area contributed by atoms with E-state index < -0.39 is 0 Å². The Morgan fingerprint density at radius 2 is 2.04 bits per heavy atom. The summed E-state index contributed by atoms with van der Waals surface area (Å²) in [6, 6.07) is 5.10. The number of para-hydroxylation sites is 1. The van der Waals surface area contributed by atoms with Gasteiger partial charge in [0.1, 0.15) is 10.4 Å². The molecule has 1 aromatic heterocycles. The summed E-state index contributed by atoms with van der Waals surface area (Å²) >= 11 is 7.63. The highest BCUT2D eigenvalue weighted by Crippen LogP contribution is 2.28. The lowest BCUT2D eigenvalue weighted by molar-refractivity contribution is 0.0996. The number of likely N-dealkylation sites (N-methyl/N-ethyl adjacent to an activating group) is 1. The highest BCUT2D eigenvalue weighted by Gasteiger charge is 2.18. The summed E-state index contributed by atoms with van der Waals surface area (Å²) in [6.45, 7) is 7.28. The lowest BCUT2D eigenvalue weighted by Gasteiger charge is -2.19. The third-order valence-electron chi connectivity index (χ3n) is 3.83. The Morgan fingerprint density at radius 1 is 1.35 bits per heavy atom. The number of carbonyl (C=O) groups excluding carboxylic acids is 1. The van der Waals surface area contributed by atoms with Crippen molar-refractivity contribution < 1.29 is 9.53 Å². The highest BCUT2D eigenvalue weighted by atomic mass is 35.5. The third-order valence-corrected chi connectivity index (χ3v) is 5.50. The molecule has 0 aliphatic carbocycles. The van der Waals surface area contributed by atoms with Crippen molar-refractivity contribution in [2.45, 2.75) is 32.7 Å². The predicted octanol–water partition coefficient (Wildman–Crippen LogP) is 3.81. The Balaban J connectivity index is 2.50. The van der Waals surface area contributed by atoms with Gasteiger partial charge in [-0.15, -0.1) is 0 Å². The van der Waals surface area contributed by atoms with Crippen LogP contribution >= 0.6 is 23.1 Å². The summed E-state index contributed by atoms with van der Waals surface area (Å²) in [5.74, 6) is 0.0105. The highest BCUT2D eigenvalue weighted by molar-refractivity contribution is 7.04. The van der Waals surface area contributed by atoms with Crippen LogP contribution < -0.4 is 9.41 Å². The minimum Gasteiger partial charge on any atom is -0.494 e. The molecule has 1 amide bonds. The molecule has 5 nitrogen and oxygen atoms in total. The fourth-order valence-electron chi connectivity index (χ4n) is 2.35. The van der Waals surface area contributed by atoms with E-state index in [4.69, 9.17) is 16.3 Å². The largest absolute Gasteiger partial charge is 0.494 e. The maximum atomic E-state index is 12.8. The number of methoxy groups -OCH3 is 1. The van der Waals surface area contributed by atoms with Gasteiger partial charge in [-0.1, -0.05) is 17.7 Å². The quantitative estimate of drug-likeness (QED) is 0.773. The first-order valence-electron chi connectivity index (χ1n) is 8.42. The maximum absolute atomic E-state index is 12.8. The van der Waals surface area contributed by atoms with E-state index in [0.717, 1.165) is 23.2 Å². The zero-order chi connectivity index (χ0) is 19.5. The first-order chi connectivity index (χ1) is 12.1. The first kappa shape index (κ1) is 20.7. The van der Waals surface area contributed by atoms with Gasteiger partial charge in [0.2, 0.25) is 0 Å². The van der Waals surface area contributed by atoms with Crippen molar-refractivity contribution in [1.29, 1.82) is 0 Å². The van der Waals surface area contributed by atoms with Crippen molar-refractivity contribution in [2.24, 2.45) is 4.99 Å². The molecular weight excluding hydrogens is 370 g/mol. The molecule has 0 N–H and O–H groups in total. The van der Waals surface area contributed by atoms with E-state index in [9.17, 15) is 4.79 Å². The number of ether oxygens (including phenoxy) is 1. The molecule has 0 saturated carbocycles. The summed E-state index contributed by atoms with van der Waals surface area (Å²) in [7, 11) is 5.56. The summed E-state index contributed by atoms with van der Waals surface area (Å²) < 4.78 is 8.15. The first-order valence-corrected chi connectivity index (χ1v) is 9.57. The summed E-state index contributed by atoms with van der Waals surface area (Å²) in [6.07, 6.45) is 2.92. The van der Waals surface area contributed by atoms with E-state index in [2.05, 4.69) is 40.8 Å². The van der Waals surface area contributed by atoms with Crippen LogP contribution in [0, 0.1) is 0 Å². The van der Waals surface area contributed by atoms with Crippen LogP contribution in [0.4, 0.5) is 0 Å². The standard InChI is InChI=1S/C19H26ClN3O2S/c1-19(2,3)23-12-13(10-11-22(4)5)18(26-23)21-17(24)14-8-7-9-15(20)16(14)25-6/h7-9,12H,10-11H2,1-6H3/b21-18-. The second-order valence-corrected chi connectivity index (χ2v) is 8.71. The van der Waals surface area contributed by atoms with Crippen molar-refractivity contribution in [3.8, 4) is 5.75 Å². The summed E-state index contributed by atoms with van der Waals surface area (Å²) in [5.41, 5.74) is 1.37. The molecule has 7 heteroatoms. The molecule has 0 saturated heterocycles. The van der Waals surface area contributed by atoms with E-state index in [0.29, 0.717) is 16.3 Å². The second-order valence-electron chi connectivity index (χ2n) is 7.34. The van der Waals surface area contributed by atoms with Gasteiger partial charge in [0.05, 0.1) is 17.7 Å². The molecule has 1 aromatic carbocycles. The SMILES string of the molecule is COc1c(Cl)cccc1C(=O)/N=c1\sn(C(C)(C)C)cc1CCN(C)C. The van der Waals surface area contributed by atoms with E-state index >= 15 is 0 Å². The van der Waals surface area contributed by atoms with E-state index in [1.165, 1.54) is 18.6 Å². The second kappa shape index (κ2) is 8.37. The van der Waals surface area contributed by atoms with Crippen LogP contribution in [0.1, 0.15) is 36.7 Å². The van der Waals surface area contributed by atoms with Crippen LogP contribution in [0.15, 0.2) is 29.4 Å². The summed E-state index contributed by atoms with van der Waals surface area (Å²) in [5, 5.41) is 0.400. The lowest BCUT2D eigenvalue weighted by Crippen LogP contribution is -2.18. The Hall–Kier alpha value is -1.63. The van der Waals surface area contributed by atoms with Crippen molar-refractivity contribution in [1.82, 2.24) is 8.86 Å². The minimum absolute atomic E-state index is 0.0674. The van der Waals surface area contributed by atoms with Gasteiger partial charge in [-0.25, -0.2) is 0 Å². The molecular formula is C19H26ClN3O2S. The molecule has 0 bridgehead atoms. The molecule has 142 valence electrons. The summed E-state index contributed by atoms with van der Waals surface area (Å²) in [4.78, 5) is 19.3. The van der Waals surface area contributed by atoms with Crippen LogP contribution in [0.3, 0.4) is 0 Å². The zero-order valence-electron chi connectivity index (χ0n) is 16.2. The number of aromatic nitrogens is 1. The van der Waals surface area contributed by atoms with Gasteiger partial charge in [0, 0.05) is 23.8 Å². The Morgan fingerprint density at radius 3 is 2.62 bits per heavy atom. The van der Waals surface area contributed by atoms with Crippen LogP contribution in [0.2, 0.25) is 5.02 Å². The molecule has 0 atom stereocenters. The van der Waals surface area contributed by atoms with Crippen LogP contribution in [-0.2, 0) is 12.0 Å². The van der Waals surface area contributed by atoms with Crippen molar-refractivity contribution in [3.63, 3.8) is 0 Å². The minimum atomic E-state index is -0.349. The molecule has 0 aliphatic heterocycles. The van der Waals surface area contributed by atoms with Gasteiger partial charge >= 0.3 is 0 Å². The molecule has 26 heavy (non-hydrogen) atoms. The van der Waals surface area contributed by atoms with Crippen molar-refractivity contribution >= 4 is 29.0 Å². The van der Waals surface area contributed by atoms with Gasteiger partial charge in [-0.3, -0.25) is 8.75 Å². The number of benzene rings is 1. The molecule has 2 rings (SSSR count). The fourth-order valence-corrected chi connectivity index (χ4v) is 3.64. The van der Waals surface area contributed by atoms with Gasteiger partial charge < -0.3 is 9.64 Å². The van der Waals surface area contributed by atoms with Crippen molar-refractivity contribution in [2.75, 3.05) is 27.7 Å². The molecule has 0 spiro atoms. The number of rotatable bonds is 5. The normalized spacial score (nSPS) is 12.7. The topological polar surface area (TPSA) is 46.8 Å². The lowest BCUT2D eigenvalue weighted by atomic mass is 10.1. The van der Waals surface area contributed by atoms with Gasteiger partial charge in [-0.05, 0) is 65.0 Å². The molecule has 1 heterocycles. The number of halogens is 1. The van der Waals surface area contributed by atoms with Crippen LogP contribution in [0.25, 0.3) is 0 Å². The van der Waals surface area contributed by atoms with E-state index in [1.54, 1.807) is 18.2 Å². The number of amides is 1. The number of hydrogen-bond donors (Lipinski definition) is 0. The molecule has 2 aromatic rings. The molecule has 0 unspecified atom stereocenters. The molecule has 0 aliphatic rings. The van der Waals surface area contributed by atoms with Crippen LogP contribution in [0.5, 0.6) is 5.75 Å². The number of hydrogen-bond acceptors (Lipinski definition) is 4. The van der Waals surface area contributed by atoms with Crippen LogP contribution in [-0.4, -0.2) is 42.5 Å². The Bertz CT molecular complexity index is 847. The van der Waals surface area contributed by atoms with Crippen molar-refractivity contribution in [3.05, 3.63) is 45.2 Å². The number of carbonyl (C=O) groups is 1. The fraction of sp³-hybridized carbons (Fsp3) is 0.474. The smallest absolute Gasteiger partial charge is 0.282 e. The Labute approximate surface area is 164 Å². The maximum Gasteiger partial charge on any atom is 0.282 e. The monoisotopic (exact) mass is 395 g/mol. The van der Waals surface area contributed by atoms with Gasteiger partial charge in [0.15, 0.2) is 0 Å². The third kappa shape index (κ3) is 4.96. The molecule has 0 radical (unpaired) electrons. The zero-order valence-corrected chi connectivity index (χ0v) is 17.7. The van der Waals surface area contributed by atoms with E-state index in [1.807, 2.05) is 14.1 Å². The van der Waals surface area contributed by atoms with Gasteiger partial charge in [-0.2, -0.15) is 4.99 Å². The van der Waals surface area contributed by atoms with Gasteiger partial charge in [0.25, 0.3) is 5.91 Å². The Kier molecular flexibility index (Phi) is 6.66. The van der Waals surface area contributed by atoms with E-state index in [-0.39, 0.29) is 11.4 Å². The number of nitrogens with zero attached hydrogens (tertiary/aromatic N) is 3. The average Bonchev–Trinajstić information content (AvgIpc) is 2.95. The average molecular weight is 396 g/mol.